The van der Waals surface area contributed by atoms with Gasteiger partial charge in [0.05, 0.1) is 12.7 Å². The van der Waals surface area contributed by atoms with Gasteiger partial charge in [-0.05, 0) is 12.1 Å². The summed E-state index contributed by atoms with van der Waals surface area (Å²) in [6.07, 6.45) is 0. The van der Waals surface area contributed by atoms with E-state index in [2.05, 4.69) is 12.6 Å². The van der Waals surface area contributed by atoms with Gasteiger partial charge in [-0.1, -0.05) is 12.1 Å². The molecule has 1 aromatic carbocycles. The first-order chi connectivity index (χ1) is 6.68. The summed E-state index contributed by atoms with van der Waals surface area (Å²) in [5, 5.41) is -1.06. The van der Waals surface area contributed by atoms with Crippen molar-refractivity contribution < 1.29 is 14.2 Å². The highest BCUT2D eigenvalue weighted by atomic mass is 32.1. The molecular formula is C10H14O3S. The highest BCUT2D eigenvalue weighted by Gasteiger charge is 2.30. The summed E-state index contributed by atoms with van der Waals surface area (Å²) in [6.45, 7) is 0. The zero-order chi connectivity index (χ0) is 10.6. The van der Waals surface area contributed by atoms with E-state index in [4.69, 9.17) is 14.2 Å². The number of para-hydroxylation sites is 1. The Hall–Kier alpha value is -0.710. The van der Waals surface area contributed by atoms with E-state index in [0.717, 1.165) is 5.56 Å². The van der Waals surface area contributed by atoms with E-state index in [0.29, 0.717) is 5.75 Å². The van der Waals surface area contributed by atoms with E-state index in [1.54, 1.807) is 7.11 Å². The van der Waals surface area contributed by atoms with Crippen molar-refractivity contribution in [1.82, 2.24) is 0 Å². The number of thiol groups is 1. The van der Waals surface area contributed by atoms with Crippen LogP contribution in [0.2, 0.25) is 0 Å². The summed E-state index contributed by atoms with van der Waals surface area (Å²) >= 11 is 4.31. The molecular weight excluding hydrogens is 200 g/mol. The highest BCUT2D eigenvalue weighted by Crippen LogP contribution is 2.36. The molecule has 0 unspecified atom stereocenters. The Labute approximate surface area is 89.4 Å². The van der Waals surface area contributed by atoms with Gasteiger partial charge < -0.3 is 14.2 Å². The Balaban J connectivity index is 3.15. The molecule has 0 amide bonds. The first-order valence-electron chi connectivity index (χ1n) is 4.14. The monoisotopic (exact) mass is 214 g/mol. The Morgan fingerprint density at radius 1 is 1.07 bits per heavy atom. The molecule has 4 heteroatoms. The zero-order valence-electron chi connectivity index (χ0n) is 8.48. The molecule has 0 aliphatic heterocycles. The van der Waals surface area contributed by atoms with Crippen molar-refractivity contribution in [3.63, 3.8) is 0 Å². The van der Waals surface area contributed by atoms with Crippen molar-refractivity contribution in [1.29, 1.82) is 0 Å². The summed E-state index contributed by atoms with van der Waals surface area (Å²) in [5.41, 5.74) is 0.746. The Bertz CT molecular complexity index is 297. The third-order valence-electron chi connectivity index (χ3n) is 2.00. The number of rotatable bonds is 4. The molecule has 0 aliphatic carbocycles. The lowest BCUT2D eigenvalue weighted by atomic mass is 10.2. The molecule has 1 rings (SSSR count). The first-order valence-corrected chi connectivity index (χ1v) is 4.59. The maximum Gasteiger partial charge on any atom is 0.246 e. The van der Waals surface area contributed by atoms with Gasteiger partial charge in [0.15, 0.2) is 0 Å². The van der Waals surface area contributed by atoms with Crippen LogP contribution in [0.15, 0.2) is 24.3 Å². The summed E-state index contributed by atoms with van der Waals surface area (Å²) < 4.78 is 15.5. The molecule has 0 saturated carbocycles. The summed E-state index contributed by atoms with van der Waals surface area (Å²) in [5.74, 6) is 0.686. The van der Waals surface area contributed by atoms with Gasteiger partial charge in [-0.3, -0.25) is 0 Å². The van der Waals surface area contributed by atoms with Crippen LogP contribution >= 0.6 is 12.6 Å². The second-order valence-electron chi connectivity index (χ2n) is 2.69. The normalized spacial score (nSPS) is 11.4. The van der Waals surface area contributed by atoms with Crippen LogP contribution < -0.4 is 4.74 Å². The average molecular weight is 214 g/mol. The third kappa shape index (κ3) is 2.03. The van der Waals surface area contributed by atoms with Gasteiger partial charge in [-0.2, -0.15) is 0 Å². The third-order valence-corrected chi connectivity index (χ3v) is 2.61. The van der Waals surface area contributed by atoms with Gasteiger partial charge in [-0.15, -0.1) is 12.6 Å². The SMILES string of the molecule is COc1ccccc1C(S)(OC)OC. The first kappa shape index (κ1) is 11.4. The minimum atomic E-state index is -1.06. The molecule has 0 heterocycles. The summed E-state index contributed by atoms with van der Waals surface area (Å²) in [4.78, 5) is 0. The summed E-state index contributed by atoms with van der Waals surface area (Å²) in [7, 11) is 4.66. The number of benzene rings is 1. The molecule has 0 N–H and O–H groups in total. The molecule has 0 saturated heterocycles. The lowest BCUT2D eigenvalue weighted by Gasteiger charge is -2.26. The molecule has 0 fully saturated rings. The fraction of sp³-hybridized carbons (Fsp3) is 0.400. The molecule has 0 spiro atoms. The van der Waals surface area contributed by atoms with Crippen LogP contribution in [0.25, 0.3) is 0 Å². The van der Waals surface area contributed by atoms with E-state index in [1.807, 2.05) is 24.3 Å². The van der Waals surface area contributed by atoms with Crippen LogP contribution in [0.5, 0.6) is 5.75 Å². The molecule has 3 nitrogen and oxygen atoms in total. The lowest BCUT2D eigenvalue weighted by Crippen LogP contribution is -2.24. The van der Waals surface area contributed by atoms with Gasteiger partial charge in [0, 0.05) is 14.2 Å². The molecule has 0 atom stereocenters. The lowest BCUT2D eigenvalue weighted by molar-refractivity contribution is -0.139. The van der Waals surface area contributed by atoms with Crippen molar-refractivity contribution in [3.8, 4) is 5.75 Å². The van der Waals surface area contributed by atoms with E-state index in [-0.39, 0.29) is 0 Å². The number of hydrogen-bond donors (Lipinski definition) is 1. The quantitative estimate of drug-likeness (QED) is 0.614. The van der Waals surface area contributed by atoms with Gasteiger partial charge in [-0.25, -0.2) is 0 Å². The van der Waals surface area contributed by atoms with Crippen LogP contribution in [-0.4, -0.2) is 21.3 Å². The highest BCUT2D eigenvalue weighted by molar-refractivity contribution is 7.81. The molecule has 0 aliphatic rings. The van der Waals surface area contributed by atoms with Gasteiger partial charge in [0.25, 0.3) is 0 Å². The van der Waals surface area contributed by atoms with E-state index in [9.17, 15) is 0 Å². The summed E-state index contributed by atoms with van der Waals surface area (Å²) in [6, 6.07) is 7.43. The van der Waals surface area contributed by atoms with Crippen molar-refractivity contribution in [3.05, 3.63) is 29.8 Å². The Morgan fingerprint density at radius 3 is 2.14 bits per heavy atom. The molecule has 0 radical (unpaired) electrons. The van der Waals surface area contributed by atoms with Crippen LogP contribution in [0.1, 0.15) is 5.56 Å². The largest absolute Gasteiger partial charge is 0.496 e. The van der Waals surface area contributed by atoms with Gasteiger partial charge in [0.2, 0.25) is 5.12 Å². The van der Waals surface area contributed by atoms with Crippen LogP contribution in [0.4, 0.5) is 0 Å². The van der Waals surface area contributed by atoms with Crippen molar-refractivity contribution in [2.75, 3.05) is 21.3 Å². The number of ether oxygens (including phenoxy) is 3. The second-order valence-corrected chi connectivity index (χ2v) is 3.28. The van der Waals surface area contributed by atoms with Crippen molar-refractivity contribution in [2.24, 2.45) is 0 Å². The fourth-order valence-electron chi connectivity index (χ4n) is 1.21. The molecule has 78 valence electrons. The average Bonchev–Trinajstić information content (AvgIpc) is 2.28. The molecule has 0 aromatic heterocycles. The van der Waals surface area contributed by atoms with Gasteiger partial charge >= 0.3 is 0 Å². The maximum atomic E-state index is 5.19. The number of hydrogen-bond acceptors (Lipinski definition) is 4. The standard InChI is InChI=1S/C10H14O3S/c1-11-9-7-5-4-6-8(9)10(14,12-2)13-3/h4-7,14H,1-3H3. The van der Waals surface area contributed by atoms with Crippen molar-refractivity contribution in [2.45, 2.75) is 5.12 Å². The van der Waals surface area contributed by atoms with E-state index in [1.165, 1.54) is 14.2 Å². The molecule has 1 aromatic rings. The topological polar surface area (TPSA) is 27.7 Å². The fourth-order valence-corrected chi connectivity index (χ4v) is 1.39. The predicted molar refractivity (Wildman–Crippen MR) is 57.7 cm³/mol. The Morgan fingerprint density at radius 2 is 1.64 bits per heavy atom. The number of methoxy groups -OCH3 is 3. The van der Waals surface area contributed by atoms with Crippen molar-refractivity contribution >= 4 is 12.6 Å². The van der Waals surface area contributed by atoms with Crippen LogP contribution in [-0.2, 0) is 14.6 Å². The zero-order valence-corrected chi connectivity index (χ0v) is 9.38. The van der Waals surface area contributed by atoms with Gasteiger partial charge in [0.1, 0.15) is 5.75 Å². The molecule has 14 heavy (non-hydrogen) atoms. The van der Waals surface area contributed by atoms with E-state index >= 15 is 0 Å². The minimum Gasteiger partial charge on any atom is -0.496 e. The predicted octanol–water partition coefficient (Wildman–Crippen LogP) is 2.03. The minimum absolute atomic E-state index is 0.686. The van der Waals surface area contributed by atoms with Crippen LogP contribution in [0.3, 0.4) is 0 Å². The maximum absolute atomic E-state index is 5.19. The Kier molecular flexibility index (Phi) is 3.80. The second kappa shape index (κ2) is 4.68. The van der Waals surface area contributed by atoms with E-state index < -0.39 is 5.12 Å². The smallest absolute Gasteiger partial charge is 0.246 e. The van der Waals surface area contributed by atoms with Crippen LogP contribution in [0, 0.1) is 0 Å². The molecule has 0 bridgehead atoms.